The number of aliphatic carboxylic acids is 1. The van der Waals surface area contributed by atoms with Crippen LogP contribution in [0.15, 0.2) is 30.3 Å². The standard InChI is InChI=1S/C9H11NO2.Sn.4H/c10-8(9(11)12)6-7-4-2-1-3-5-7;;;;;/h1-5,8H,6,10H2,(H,11,12);;;;;. The van der Waals surface area contributed by atoms with Crippen LogP contribution in [-0.4, -0.2) is 41.0 Å². The van der Waals surface area contributed by atoms with E-state index >= 15 is 0 Å². The Balaban J connectivity index is 0.00000144. The molecule has 0 amide bonds. The normalized spacial score (nSPS) is 11.5. The predicted molar refractivity (Wildman–Crippen MR) is 57.1 cm³/mol. The monoisotopic (exact) mass is 289 g/mol. The topological polar surface area (TPSA) is 63.3 Å². The second-order valence-electron chi connectivity index (χ2n) is 2.63. The molecule has 0 spiro atoms. The van der Waals surface area contributed by atoms with Crippen molar-refractivity contribution in [2.45, 2.75) is 12.5 Å². The van der Waals surface area contributed by atoms with Gasteiger partial charge in [0.25, 0.3) is 0 Å². The predicted octanol–water partition coefficient (Wildman–Crippen LogP) is -0.811. The summed E-state index contributed by atoms with van der Waals surface area (Å²) in [4.78, 5) is 10.4. The summed E-state index contributed by atoms with van der Waals surface area (Å²) in [7, 11) is 0. The second-order valence-corrected chi connectivity index (χ2v) is 2.63. The van der Waals surface area contributed by atoms with E-state index in [9.17, 15) is 4.79 Å². The number of rotatable bonds is 3. The van der Waals surface area contributed by atoms with Crippen molar-refractivity contribution in [1.29, 1.82) is 0 Å². The third kappa shape index (κ3) is 4.28. The maximum absolute atomic E-state index is 10.4. The van der Waals surface area contributed by atoms with Crippen molar-refractivity contribution < 1.29 is 9.90 Å². The first-order valence-corrected chi connectivity index (χ1v) is 3.72. The van der Waals surface area contributed by atoms with Crippen LogP contribution < -0.4 is 5.73 Å². The van der Waals surface area contributed by atoms with Crippen molar-refractivity contribution in [2.24, 2.45) is 5.73 Å². The van der Waals surface area contributed by atoms with Crippen molar-refractivity contribution in [3.63, 3.8) is 0 Å². The molecule has 0 saturated carbocycles. The molecule has 13 heavy (non-hydrogen) atoms. The third-order valence-electron chi connectivity index (χ3n) is 1.62. The first kappa shape index (κ1) is 12.4. The molecule has 1 atom stereocenters. The van der Waals surface area contributed by atoms with Crippen molar-refractivity contribution in [3.05, 3.63) is 35.9 Å². The molecule has 1 aromatic rings. The zero-order valence-electron chi connectivity index (χ0n) is 6.60. The van der Waals surface area contributed by atoms with Gasteiger partial charge >= 0.3 is 29.9 Å². The Bertz CT molecular complexity index is 264. The molecule has 1 rings (SSSR count). The summed E-state index contributed by atoms with van der Waals surface area (Å²) >= 11 is 0. The Morgan fingerprint density at radius 1 is 1.38 bits per heavy atom. The molecule has 0 radical (unpaired) electrons. The van der Waals surface area contributed by atoms with Gasteiger partial charge in [-0.05, 0) is 12.0 Å². The molecule has 0 saturated heterocycles. The van der Waals surface area contributed by atoms with Crippen LogP contribution in [0, 0.1) is 0 Å². The molecule has 0 aliphatic heterocycles. The van der Waals surface area contributed by atoms with Gasteiger partial charge < -0.3 is 10.8 Å². The maximum atomic E-state index is 10.4. The molecular weight excluding hydrogens is 273 g/mol. The molecule has 0 aliphatic rings. The van der Waals surface area contributed by atoms with E-state index < -0.39 is 12.0 Å². The van der Waals surface area contributed by atoms with E-state index in [0.717, 1.165) is 5.56 Å². The van der Waals surface area contributed by atoms with Crippen LogP contribution in [0.5, 0.6) is 0 Å². The van der Waals surface area contributed by atoms with E-state index in [1.54, 1.807) is 0 Å². The van der Waals surface area contributed by atoms with Gasteiger partial charge in [-0.15, -0.1) is 0 Å². The number of carboxylic acid groups (broad SMARTS) is 1. The van der Waals surface area contributed by atoms with Gasteiger partial charge in [-0.1, -0.05) is 30.3 Å². The molecule has 0 heterocycles. The van der Waals surface area contributed by atoms with E-state index in [4.69, 9.17) is 10.8 Å². The molecule has 3 N–H and O–H groups in total. The number of nitrogens with two attached hydrogens (primary N) is 1. The average Bonchev–Trinajstić information content (AvgIpc) is 2.06. The van der Waals surface area contributed by atoms with Crippen LogP contribution in [0.4, 0.5) is 0 Å². The molecule has 3 nitrogen and oxygen atoms in total. The van der Waals surface area contributed by atoms with Gasteiger partial charge in [0.15, 0.2) is 0 Å². The van der Waals surface area contributed by atoms with Gasteiger partial charge in [0.1, 0.15) is 6.04 Å². The van der Waals surface area contributed by atoms with Gasteiger partial charge in [-0.3, -0.25) is 4.79 Å². The Morgan fingerprint density at radius 3 is 2.38 bits per heavy atom. The minimum atomic E-state index is -0.959. The first-order valence-electron chi connectivity index (χ1n) is 3.72. The average molecular weight is 288 g/mol. The molecule has 0 bridgehead atoms. The Morgan fingerprint density at radius 2 is 1.92 bits per heavy atom. The summed E-state index contributed by atoms with van der Waals surface area (Å²) in [6.45, 7) is 0. The Hall–Kier alpha value is -0.551. The Labute approximate surface area is 93.9 Å². The Kier molecular flexibility index (Phi) is 5.73. The molecule has 0 fully saturated rings. The summed E-state index contributed by atoms with van der Waals surface area (Å²) in [6.07, 6.45) is 0.385. The van der Waals surface area contributed by atoms with Crippen molar-refractivity contribution >= 4 is 29.9 Å². The van der Waals surface area contributed by atoms with Crippen molar-refractivity contribution in [1.82, 2.24) is 0 Å². The van der Waals surface area contributed by atoms with Crippen LogP contribution in [0.2, 0.25) is 0 Å². The van der Waals surface area contributed by atoms with Crippen molar-refractivity contribution in [2.75, 3.05) is 0 Å². The number of hydrogen-bond acceptors (Lipinski definition) is 2. The van der Waals surface area contributed by atoms with E-state index in [2.05, 4.69) is 0 Å². The van der Waals surface area contributed by atoms with Crippen LogP contribution in [0.1, 0.15) is 5.56 Å². The zero-order valence-corrected chi connectivity index (χ0v) is 6.60. The van der Waals surface area contributed by atoms with E-state index in [1.807, 2.05) is 30.3 Å². The van der Waals surface area contributed by atoms with E-state index in [0.29, 0.717) is 6.42 Å². The first-order chi connectivity index (χ1) is 5.70. The summed E-state index contributed by atoms with van der Waals surface area (Å²) in [5, 5.41) is 8.52. The van der Waals surface area contributed by atoms with Gasteiger partial charge in [0.2, 0.25) is 0 Å². The molecule has 0 aliphatic carbocycles. The summed E-state index contributed by atoms with van der Waals surface area (Å²) in [6, 6.07) is 8.54. The minimum absolute atomic E-state index is 0. The fourth-order valence-corrected chi connectivity index (χ4v) is 0.955. The van der Waals surface area contributed by atoms with Gasteiger partial charge in [0, 0.05) is 0 Å². The summed E-state index contributed by atoms with van der Waals surface area (Å²) in [5.74, 6) is -0.959. The van der Waals surface area contributed by atoms with Crippen LogP contribution >= 0.6 is 0 Å². The summed E-state index contributed by atoms with van der Waals surface area (Å²) in [5.41, 5.74) is 6.30. The molecule has 1 unspecified atom stereocenters. The fraction of sp³-hybridized carbons (Fsp3) is 0.222. The van der Waals surface area contributed by atoms with Crippen LogP contribution in [-0.2, 0) is 11.2 Å². The molecule has 1 aromatic carbocycles. The second kappa shape index (κ2) is 5.99. The fourth-order valence-electron chi connectivity index (χ4n) is 0.955. The molecule has 72 valence electrons. The molecule has 0 aromatic heterocycles. The van der Waals surface area contributed by atoms with Gasteiger partial charge in [-0.25, -0.2) is 0 Å². The zero-order chi connectivity index (χ0) is 8.97. The summed E-state index contributed by atoms with van der Waals surface area (Å²) < 4.78 is 0. The number of hydrogen-bond donors (Lipinski definition) is 2. The number of carboxylic acids is 1. The number of benzene rings is 1. The molecule has 4 heteroatoms. The SMILES string of the molecule is NC(Cc1ccccc1)C(=O)O.[SnH4]. The van der Waals surface area contributed by atoms with Gasteiger partial charge in [-0.2, -0.15) is 0 Å². The van der Waals surface area contributed by atoms with Crippen molar-refractivity contribution in [3.8, 4) is 0 Å². The van der Waals surface area contributed by atoms with E-state index in [1.165, 1.54) is 0 Å². The quantitative estimate of drug-likeness (QED) is 0.715. The molecular formula is C9H15NO2Sn. The van der Waals surface area contributed by atoms with Crippen LogP contribution in [0.25, 0.3) is 0 Å². The van der Waals surface area contributed by atoms with Crippen LogP contribution in [0.3, 0.4) is 0 Å². The third-order valence-corrected chi connectivity index (χ3v) is 1.62. The number of carbonyl (C=O) groups is 1. The van der Waals surface area contributed by atoms with Gasteiger partial charge in [0.05, 0.1) is 0 Å². The van der Waals surface area contributed by atoms with E-state index in [-0.39, 0.29) is 23.9 Å².